The molecule has 110 valence electrons. The molecule has 0 spiro atoms. The van der Waals surface area contributed by atoms with Crippen molar-refractivity contribution in [2.75, 3.05) is 0 Å². The maximum absolute atomic E-state index is 11.9. The summed E-state index contributed by atoms with van der Waals surface area (Å²) in [6.07, 6.45) is 1.69. The molecule has 2 rings (SSSR count). The number of nitrogens with one attached hydrogen (secondary N) is 2. The number of carbonyl (C=O) groups excluding carboxylic acids is 2. The number of carbonyl (C=O) groups is 2. The fourth-order valence-electron chi connectivity index (χ4n) is 1.77. The number of amides is 2. The van der Waals surface area contributed by atoms with E-state index in [1.807, 2.05) is 6.92 Å². The van der Waals surface area contributed by atoms with Gasteiger partial charge in [-0.25, -0.2) is 4.68 Å². The van der Waals surface area contributed by atoms with Crippen LogP contribution in [0.15, 0.2) is 24.4 Å². The van der Waals surface area contributed by atoms with Crippen molar-refractivity contribution in [3.8, 4) is 0 Å². The number of pyridine rings is 1. The van der Waals surface area contributed by atoms with Crippen LogP contribution in [0.25, 0.3) is 0 Å². The predicted octanol–water partition coefficient (Wildman–Crippen LogP) is 0.00512. The van der Waals surface area contributed by atoms with Crippen LogP contribution in [0.5, 0.6) is 0 Å². The van der Waals surface area contributed by atoms with Crippen LogP contribution in [-0.2, 0) is 17.8 Å². The molecule has 0 aliphatic rings. The van der Waals surface area contributed by atoms with Crippen molar-refractivity contribution in [2.45, 2.75) is 26.8 Å². The van der Waals surface area contributed by atoms with Crippen molar-refractivity contribution in [1.82, 2.24) is 30.8 Å². The molecule has 0 bridgehead atoms. The Labute approximate surface area is 121 Å². The van der Waals surface area contributed by atoms with Crippen LogP contribution in [-0.4, -0.2) is 31.8 Å². The molecule has 2 N–H and O–H groups in total. The van der Waals surface area contributed by atoms with E-state index in [9.17, 15) is 9.59 Å². The molecule has 0 unspecified atom stereocenters. The first-order valence-electron chi connectivity index (χ1n) is 6.51. The van der Waals surface area contributed by atoms with Crippen molar-refractivity contribution < 1.29 is 9.59 Å². The molecule has 0 saturated heterocycles. The molecule has 0 saturated carbocycles. The van der Waals surface area contributed by atoms with Crippen LogP contribution in [0.3, 0.4) is 0 Å². The van der Waals surface area contributed by atoms with E-state index >= 15 is 0 Å². The normalized spacial score (nSPS) is 10.2. The van der Waals surface area contributed by atoms with Gasteiger partial charge in [0.05, 0.1) is 12.1 Å². The predicted molar refractivity (Wildman–Crippen MR) is 74.0 cm³/mol. The number of hydrogen-bond donors (Lipinski definition) is 2. The zero-order chi connectivity index (χ0) is 15.2. The second kappa shape index (κ2) is 6.60. The molecule has 2 heterocycles. The van der Waals surface area contributed by atoms with E-state index in [4.69, 9.17) is 0 Å². The Bertz CT molecular complexity index is 637. The molecule has 2 aromatic rings. The molecule has 21 heavy (non-hydrogen) atoms. The summed E-state index contributed by atoms with van der Waals surface area (Å²) in [5, 5.41) is 7.62. The first kappa shape index (κ1) is 14.6. The van der Waals surface area contributed by atoms with Crippen molar-refractivity contribution >= 4 is 11.8 Å². The highest BCUT2D eigenvalue weighted by Gasteiger charge is 2.16. The molecule has 0 fully saturated rings. The third-order valence-electron chi connectivity index (χ3n) is 2.88. The van der Waals surface area contributed by atoms with Gasteiger partial charge in [-0.3, -0.25) is 25.4 Å². The van der Waals surface area contributed by atoms with E-state index in [1.165, 1.54) is 0 Å². The van der Waals surface area contributed by atoms with Gasteiger partial charge in [0.15, 0.2) is 5.69 Å². The Hall–Kier alpha value is -2.77. The number of rotatable bonds is 4. The van der Waals surface area contributed by atoms with Crippen LogP contribution in [0.4, 0.5) is 0 Å². The Morgan fingerprint density at radius 1 is 1.29 bits per heavy atom. The van der Waals surface area contributed by atoms with Crippen molar-refractivity contribution in [3.05, 3.63) is 41.5 Å². The van der Waals surface area contributed by atoms with Gasteiger partial charge < -0.3 is 0 Å². The maximum atomic E-state index is 11.9. The molecular weight excluding hydrogens is 272 g/mol. The highest BCUT2D eigenvalue weighted by Crippen LogP contribution is 2.02. The molecule has 2 amide bonds. The molecule has 0 atom stereocenters. The number of hydrogen-bond acceptors (Lipinski definition) is 5. The van der Waals surface area contributed by atoms with E-state index in [1.54, 1.807) is 36.0 Å². The fourth-order valence-corrected chi connectivity index (χ4v) is 1.77. The van der Waals surface area contributed by atoms with Crippen LogP contribution in [0.2, 0.25) is 0 Å². The lowest BCUT2D eigenvalue weighted by atomic mass is 10.2. The Kier molecular flexibility index (Phi) is 4.60. The monoisotopic (exact) mass is 288 g/mol. The quantitative estimate of drug-likeness (QED) is 0.771. The van der Waals surface area contributed by atoms with E-state index in [0.717, 1.165) is 0 Å². The maximum Gasteiger partial charge on any atom is 0.292 e. The minimum absolute atomic E-state index is 0.0851. The van der Waals surface area contributed by atoms with Crippen LogP contribution >= 0.6 is 0 Å². The Morgan fingerprint density at radius 2 is 2.10 bits per heavy atom. The van der Waals surface area contributed by atoms with Crippen molar-refractivity contribution in [1.29, 1.82) is 0 Å². The number of aryl methyl sites for hydroxylation is 1. The van der Waals surface area contributed by atoms with Crippen LogP contribution in [0, 0.1) is 6.92 Å². The average Bonchev–Trinajstić information content (AvgIpc) is 2.87. The fraction of sp³-hybridized carbons (Fsp3) is 0.308. The summed E-state index contributed by atoms with van der Waals surface area (Å²) in [5.41, 5.74) is 6.10. The van der Waals surface area contributed by atoms with Gasteiger partial charge in [-0.05, 0) is 26.0 Å². The lowest BCUT2D eigenvalue weighted by Crippen LogP contribution is -2.42. The summed E-state index contributed by atoms with van der Waals surface area (Å²) in [7, 11) is 0. The number of hydrazine groups is 1. The summed E-state index contributed by atoms with van der Waals surface area (Å²) in [6.45, 7) is 4.27. The van der Waals surface area contributed by atoms with Gasteiger partial charge >= 0.3 is 0 Å². The van der Waals surface area contributed by atoms with Gasteiger partial charge in [0, 0.05) is 18.4 Å². The van der Waals surface area contributed by atoms with E-state index in [0.29, 0.717) is 17.9 Å². The molecular formula is C13H16N6O2. The molecule has 8 heteroatoms. The standard InChI is InChI=1S/C13H16N6O2/c1-3-19-9(2)12(16-18-19)13(21)17-15-11(20)8-10-6-4-5-7-14-10/h4-7H,3,8H2,1-2H3,(H,15,20)(H,17,21). The first-order valence-corrected chi connectivity index (χ1v) is 6.51. The van der Waals surface area contributed by atoms with Gasteiger partial charge in [0.1, 0.15) is 0 Å². The molecule has 0 aromatic carbocycles. The summed E-state index contributed by atoms with van der Waals surface area (Å²) in [4.78, 5) is 27.6. The zero-order valence-electron chi connectivity index (χ0n) is 11.8. The third-order valence-corrected chi connectivity index (χ3v) is 2.88. The highest BCUT2D eigenvalue weighted by atomic mass is 16.2. The zero-order valence-corrected chi connectivity index (χ0v) is 11.8. The lowest BCUT2D eigenvalue weighted by Gasteiger charge is -2.06. The Balaban J connectivity index is 1.89. The molecule has 0 aliphatic heterocycles. The first-order chi connectivity index (χ1) is 10.1. The lowest BCUT2D eigenvalue weighted by molar-refractivity contribution is -0.121. The molecule has 8 nitrogen and oxygen atoms in total. The molecule has 0 aliphatic carbocycles. The van der Waals surface area contributed by atoms with Crippen molar-refractivity contribution in [2.24, 2.45) is 0 Å². The van der Waals surface area contributed by atoms with Crippen molar-refractivity contribution in [3.63, 3.8) is 0 Å². The van der Waals surface area contributed by atoms with E-state index < -0.39 is 5.91 Å². The molecule has 2 aromatic heterocycles. The summed E-state index contributed by atoms with van der Waals surface area (Å²) in [5.74, 6) is -0.857. The van der Waals surface area contributed by atoms with Crippen LogP contribution in [0.1, 0.15) is 28.8 Å². The van der Waals surface area contributed by atoms with Crippen LogP contribution < -0.4 is 10.9 Å². The average molecular weight is 288 g/mol. The van der Waals surface area contributed by atoms with Gasteiger partial charge in [-0.15, -0.1) is 5.10 Å². The molecule has 0 radical (unpaired) electrons. The van der Waals surface area contributed by atoms with Gasteiger partial charge in [0.2, 0.25) is 5.91 Å². The van der Waals surface area contributed by atoms with E-state index in [2.05, 4.69) is 26.1 Å². The summed E-state index contributed by atoms with van der Waals surface area (Å²) < 4.78 is 1.60. The minimum atomic E-state index is -0.499. The number of nitrogens with zero attached hydrogens (tertiary/aromatic N) is 4. The second-order valence-electron chi connectivity index (χ2n) is 4.34. The van der Waals surface area contributed by atoms with Gasteiger partial charge in [0.25, 0.3) is 5.91 Å². The Morgan fingerprint density at radius 3 is 2.71 bits per heavy atom. The highest BCUT2D eigenvalue weighted by molar-refractivity contribution is 5.94. The summed E-state index contributed by atoms with van der Waals surface area (Å²) >= 11 is 0. The van der Waals surface area contributed by atoms with E-state index in [-0.39, 0.29) is 18.0 Å². The smallest absolute Gasteiger partial charge is 0.273 e. The topological polar surface area (TPSA) is 102 Å². The summed E-state index contributed by atoms with van der Waals surface area (Å²) in [6, 6.07) is 5.29. The minimum Gasteiger partial charge on any atom is -0.273 e. The second-order valence-corrected chi connectivity index (χ2v) is 4.34. The van der Waals surface area contributed by atoms with Gasteiger partial charge in [-0.1, -0.05) is 11.3 Å². The largest absolute Gasteiger partial charge is 0.292 e. The van der Waals surface area contributed by atoms with Gasteiger partial charge in [-0.2, -0.15) is 0 Å². The SMILES string of the molecule is CCn1nnc(C(=O)NNC(=O)Cc2ccccn2)c1C. The number of aromatic nitrogens is 4. The third kappa shape index (κ3) is 3.62.